The molecule has 168 valence electrons. The molecule has 0 aliphatic rings. The number of nitrogens with zero attached hydrogens (tertiary/aromatic N) is 4. The van der Waals surface area contributed by atoms with Gasteiger partial charge < -0.3 is 10.2 Å². The quantitative estimate of drug-likeness (QED) is 0.476. The molecule has 2 aromatic heterocycles. The largest absolute Gasteiger partial charge is 0.345 e. The molecule has 4 rings (SSSR count). The molecule has 7 heteroatoms. The van der Waals surface area contributed by atoms with Crippen LogP contribution in [0.5, 0.6) is 0 Å². The number of aromatic nitrogens is 3. The lowest BCUT2D eigenvalue weighted by molar-refractivity contribution is 0.0827. The van der Waals surface area contributed by atoms with E-state index in [1.807, 2.05) is 49.7 Å². The van der Waals surface area contributed by atoms with Crippen LogP contribution in [0, 0.1) is 6.92 Å². The Labute approximate surface area is 193 Å². The molecule has 2 heterocycles. The molecule has 0 aliphatic carbocycles. The SMILES string of the molecule is Cc1ccccc1-c1cc(C(=O)Nc2cccc(C(=O)N(C)C)c2)c2cnn(C(C)C)c2n1. The first-order valence-electron chi connectivity index (χ1n) is 10.8. The van der Waals surface area contributed by atoms with Gasteiger partial charge >= 0.3 is 0 Å². The lowest BCUT2D eigenvalue weighted by atomic mass is 10.0. The maximum absolute atomic E-state index is 13.4. The molecule has 4 aromatic rings. The average Bonchev–Trinajstić information content (AvgIpc) is 3.22. The second-order valence-corrected chi connectivity index (χ2v) is 8.52. The zero-order chi connectivity index (χ0) is 23.7. The fourth-order valence-electron chi connectivity index (χ4n) is 3.77. The van der Waals surface area contributed by atoms with E-state index >= 15 is 0 Å². The molecule has 0 atom stereocenters. The second-order valence-electron chi connectivity index (χ2n) is 8.52. The molecule has 0 bridgehead atoms. The van der Waals surface area contributed by atoms with Gasteiger partial charge in [-0.15, -0.1) is 0 Å². The average molecular weight is 442 g/mol. The van der Waals surface area contributed by atoms with Gasteiger partial charge in [0, 0.05) is 37.0 Å². The third-order valence-corrected chi connectivity index (χ3v) is 5.50. The summed E-state index contributed by atoms with van der Waals surface area (Å²) in [4.78, 5) is 32.1. The molecular weight excluding hydrogens is 414 g/mol. The Balaban J connectivity index is 1.80. The molecule has 0 aliphatic heterocycles. The van der Waals surface area contributed by atoms with Gasteiger partial charge in [0.1, 0.15) is 0 Å². The molecule has 0 spiro atoms. The highest BCUT2D eigenvalue weighted by atomic mass is 16.2. The van der Waals surface area contributed by atoms with Crippen molar-refractivity contribution in [3.63, 3.8) is 0 Å². The van der Waals surface area contributed by atoms with Gasteiger partial charge in [0.15, 0.2) is 5.65 Å². The monoisotopic (exact) mass is 441 g/mol. The van der Waals surface area contributed by atoms with Gasteiger partial charge in [0.25, 0.3) is 11.8 Å². The minimum absolute atomic E-state index is 0.0896. The predicted octanol–water partition coefficient (Wildman–Crippen LogP) is 4.94. The normalized spacial score (nSPS) is 11.1. The number of carbonyl (C=O) groups is 2. The van der Waals surface area contributed by atoms with Gasteiger partial charge in [0.2, 0.25) is 0 Å². The van der Waals surface area contributed by atoms with Crippen molar-refractivity contribution in [2.75, 3.05) is 19.4 Å². The van der Waals surface area contributed by atoms with Crippen LogP contribution in [0.15, 0.2) is 60.8 Å². The second kappa shape index (κ2) is 8.86. The number of fused-ring (bicyclic) bond motifs is 1. The summed E-state index contributed by atoms with van der Waals surface area (Å²) in [5.74, 6) is -0.410. The summed E-state index contributed by atoms with van der Waals surface area (Å²) < 4.78 is 1.82. The van der Waals surface area contributed by atoms with Gasteiger partial charge in [-0.05, 0) is 50.6 Å². The summed E-state index contributed by atoms with van der Waals surface area (Å²) in [5, 5.41) is 8.10. The van der Waals surface area contributed by atoms with Crippen LogP contribution in [-0.2, 0) is 0 Å². The molecule has 0 saturated carbocycles. The molecule has 7 nitrogen and oxygen atoms in total. The summed E-state index contributed by atoms with van der Waals surface area (Å²) in [5.41, 5.74) is 4.94. The first-order chi connectivity index (χ1) is 15.8. The van der Waals surface area contributed by atoms with Crippen molar-refractivity contribution >= 4 is 28.5 Å². The Hall–Kier alpha value is -4.00. The number of carbonyl (C=O) groups excluding carboxylic acids is 2. The van der Waals surface area contributed by atoms with Crippen molar-refractivity contribution < 1.29 is 9.59 Å². The van der Waals surface area contributed by atoms with Crippen molar-refractivity contribution in [1.29, 1.82) is 0 Å². The van der Waals surface area contributed by atoms with Crippen LogP contribution in [0.3, 0.4) is 0 Å². The van der Waals surface area contributed by atoms with Crippen molar-refractivity contribution in [3.05, 3.63) is 77.5 Å². The molecule has 0 fully saturated rings. The Bertz CT molecular complexity index is 1350. The summed E-state index contributed by atoms with van der Waals surface area (Å²) >= 11 is 0. The van der Waals surface area contributed by atoms with E-state index in [0.29, 0.717) is 33.5 Å². The molecular formula is C26H27N5O2. The minimum atomic E-state index is -0.282. The fraction of sp³-hybridized carbons (Fsp3) is 0.231. The van der Waals surface area contributed by atoms with Crippen LogP contribution < -0.4 is 5.32 Å². The number of hydrogen-bond acceptors (Lipinski definition) is 4. The van der Waals surface area contributed by atoms with E-state index < -0.39 is 0 Å². The molecule has 2 aromatic carbocycles. The van der Waals surface area contributed by atoms with E-state index in [0.717, 1.165) is 11.1 Å². The van der Waals surface area contributed by atoms with E-state index in [4.69, 9.17) is 4.98 Å². The number of pyridine rings is 1. The maximum Gasteiger partial charge on any atom is 0.256 e. The third-order valence-electron chi connectivity index (χ3n) is 5.50. The summed E-state index contributed by atoms with van der Waals surface area (Å²) in [7, 11) is 3.39. The summed E-state index contributed by atoms with van der Waals surface area (Å²) in [6, 6.07) is 16.8. The van der Waals surface area contributed by atoms with E-state index in [1.165, 1.54) is 4.90 Å². The number of hydrogen-bond donors (Lipinski definition) is 1. The Morgan fingerprint density at radius 1 is 1.03 bits per heavy atom. The highest BCUT2D eigenvalue weighted by Crippen LogP contribution is 2.28. The number of aryl methyl sites for hydroxylation is 1. The highest BCUT2D eigenvalue weighted by Gasteiger charge is 2.20. The Morgan fingerprint density at radius 3 is 2.48 bits per heavy atom. The van der Waals surface area contributed by atoms with Gasteiger partial charge in [-0.3, -0.25) is 9.59 Å². The maximum atomic E-state index is 13.4. The van der Waals surface area contributed by atoms with Crippen molar-refractivity contribution in [1.82, 2.24) is 19.7 Å². The fourth-order valence-corrected chi connectivity index (χ4v) is 3.77. The summed E-state index contributed by atoms with van der Waals surface area (Å²) in [6.45, 7) is 6.08. The number of anilines is 1. The molecule has 0 saturated heterocycles. The smallest absolute Gasteiger partial charge is 0.256 e. The number of benzene rings is 2. The Morgan fingerprint density at radius 2 is 1.79 bits per heavy atom. The van der Waals surface area contributed by atoms with Crippen molar-refractivity contribution in [2.45, 2.75) is 26.8 Å². The van der Waals surface area contributed by atoms with Crippen LogP contribution >= 0.6 is 0 Å². The first-order valence-corrected chi connectivity index (χ1v) is 10.8. The third kappa shape index (κ3) is 4.35. The van der Waals surface area contributed by atoms with E-state index in [1.54, 1.807) is 50.6 Å². The molecule has 1 N–H and O–H groups in total. The van der Waals surface area contributed by atoms with Gasteiger partial charge in [-0.1, -0.05) is 30.3 Å². The topological polar surface area (TPSA) is 80.1 Å². The first kappa shape index (κ1) is 22.2. The highest BCUT2D eigenvalue weighted by molar-refractivity contribution is 6.13. The molecule has 0 radical (unpaired) electrons. The van der Waals surface area contributed by atoms with Crippen molar-refractivity contribution in [3.8, 4) is 11.3 Å². The van der Waals surface area contributed by atoms with Crippen LogP contribution in [0.25, 0.3) is 22.3 Å². The molecule has 0 unspecified atom stereocenters. The van der Waals surface area contributed by atoms with Gasteiger partial charge in [0.05, 0.1) is 22.8 Å². The zero-order valence-electron chi connectivity index (χ0n) is 19.5. The number of nitrogens with one attached hydrogen (secondary N) is 1. The standard InChI is InChI=1S/C26H27N5O2/c1-16(2)31-24-22(15-27-31)21(14-23(29-24)20-12-7-6-9-17(20)3)25(32)28-19-11-8-10-18(13-19)26(33)30(4)5/h6-16H,1-5H3,(H,28,32). The minimum Gasteiger partial charge on any atom is -0.345 e. The van der Waals surface area contributed by atoms with E-state index in [2.05, 4.69) is 10.4 Å². The van der Waals surface area contributed by atoms with Gasteiger partial charge in [-0.2, -0.15) is 5.10 Å². The van der Waals surface area contributed by atoms with Crippen LogP contribution in [0.2, 0.25) is 0 Å². The van der Waals surface area contributed by atoms with E-state index in [9.17, 15) is 9.59 Å². The van der Waals surface area contributed by atoms with Crippen LogP contribution in [0.1, 0.15) is 46.2 Å². The van der Waals surface area contributed by atoms with Crippen molar-refractivity contribution in [2.24, 2.45) is 0 Å². The lowest BCUT2D eigenvalue weighted by Crippen LogP contribution is -2.22. The Kier molecular flexibility index (Phi) is 5.96. The lowest BCUT2D eigenvalue weighted by Gasteiger charge is -2.13. The van der Waals surface area contributed by atoms with Crippen LogP contribution in [0.4, 0.5) is 5.69 Å². The number of rotatable bonds is 5. The molecule has 2 amide bonds. The zero-order valence-corrected chi connectivity index (χ0v) is 19.5. The van der Waals surface area contributed by atoms with Gasteiger partial charge in [-0.25, -0.2) is 9.67 Å². The molecule has 33 heavy (non-hydrogen) atoms. The summed E-state index contributed by atoms with van der Waals surface area (Å²) in [6.07, 6.45) is 1.69. The van der Waals surface area contributed by atoms with E-state index in [-0.39, 0.29) is 17.9 Å². The van der Waals surface area contributed by atoms with Crippen LogP contribution in [-0.4, -0.2) is 45.6 Å². The predicted molar refractivity (Wildman–Crippen MR) is 130 cm³/mol. The number of amides is 2.